The van der Waals surface area contributed by atoms with E-state index in [4.69, 9.17) is 24.4 Å². The van der Waals surface area contributed by atoms with Crippen LogP contribution >= 0.6 is 0 Å². The predicted octanol–water partition coefficient (Wildman–Crippen LogP) is 3.07. The van der Waals surface area contributed by atoms with Crippen LogP contribution in [-0.2, 0) is 9.47 Å². The molecule has 3 saturated heterocycles. The van der Waals surface area contributed by atoms with Gasteiger partial charge >= 0.3 is 6.03 Å². The van der Waals surface area contributed by atoms with E-state index in [1.165, 1.54) is 0 Å². The van der Waals surface area contributed by atoms with Crippen LogP contribution < -0.4 is 25.8 Å². The Labute approximate surface area is 263 Å². The second-order valence-corrected chi connectivity index (χ2v) is 12.0. The first-order chi connectivity index (χ1) is 21.8. The summed E-state index contributed by atoms with van der Waals surface area (Å²) in [7, 11) is 3.91. The van der Waals surface area contributed by atoms with E-state index in [1.807, 2.05) is 43.3 Å². The highest BCUT2D eigenvalue weighted by atomic mass is 16.5. The summed E-state index contributed by atoms with van der Waals surface area (Å²) in [5.41, 5.74) is 2.55. The Morgan fingerprint density at radius 1 is 0.911 bits per heavy atom. The van der Waals surface area contributed by atoms with Crippen LogP contribution in [0, 0.1) is 0 Å². The molecule has 13 nitrogen and oxygen atoms in total. The number of aromatic nitrogens is 3. The fraction of sp³-hybridized carbons (Fsp3) is 0.469. The molecule has 3 amide bonds. The summed E-state index contributed by atoms with van der Waals surface area (Å²) in [6, 6.07) is 14.0. The standard InChI is InChI=1S/C32H41N9O4/c1-21-20-44-17-16-41(21)31-37-28(36-30(38-31)40-18-26-12-13-27(19-40)45-26)22-4-8-24(9-5-22)34-32(43)35-25-10-6-23(7-11-25)29(42)33-14-15-39(2)3/h4-11,21,26-27H,12-20H2,1-3H3,(H,33,42)(H2,34,35,43). The Kier molecular flexibility index (Phi) is 9.38. The van der Waals surface area contributed by atoms with Crippen molar-refractivity contribution in [3.8, 4) is 11.4 Å². The van der Waals surface area contributed by atoms with E-state index in [2.05, 4.69) is 32.7 Å². The molecule has 3 fully saturated rings. The fourth-order valence-electron chi connectivity index (χ4n) is 5.75. The zero-order chi connectivity index (χ0) is 31.3. The van der Waals surface area contributed by atoms with E-state index in [9.17, 15) is 9.59 Å². The zero-order valence-corrected chi connectivity index (χ0v) is 26.0. The molecule has 2 aromatic carbocycles. The van der Waals surface area contributed by atoms with Gasteiger partial charge in [0.15, 0.2) is 5.82 Å². The average Bonchev–Trinajstić information content (AvgIpc) is 3.38. The first kappa shape index (κ1) is 30.7. The first-order valence-corrected chi connectivity index (χ1v) is 15.5. The normalized spacial score (nSPS) is 21.1. The maximum atomic E-state index is 12.7. The molecular formula is C32H41N9O4. The third kappa shape index (κ3) is 7.67. The van der Waals surface area contributed by atoms with Crippen LogP contribution in [0.4, 0.5) is 28.1 Å². The lowest BCUT2D eigenvalue weighted by atomic mass is 10.2. The molecule has 13 heteroatoms. The number of likely N-dealkylation sites (N-methyl/N-ethyl adjacent to an activating group) is 1. The third-order valence-electron chi connectivity index (χ3n) is 8.21. The van der Waals surface area contributed by atoms with E-state index in [0.717, 1.165) is 38.0 Å². The van der Waals surface area contributed by atoms with Crippen LogP contribution in [-0.4, -0.2) is 110 Å². The van der Waals surface area contributed by atoms with Crippen LogP contribution in [0.3, 0.4) is 0 Å². The zero-order valence-electron chi connectivity index (χ0n) is 26.0. The molecule has 0 spiro atoms. The number of anilines is 4. The van der Waals surface area contributed by atoms with Gasteiger partial charge in [0.2, 0.25) is 11.9 Å². The molecule has 2 bridgehead atoms. The van der Waals surface area contributed by atoms with Crippen LogP contribution in [0.15, 0.2) is 48.5 Å². The van der Waals surface area contributed by atoms with Crippen molar-refractivity contribution in [1.82, 2.24) is 25.2 Å². The van der Waals surface area contributed by atoms with E-state index >= 15 is 0 Å². The smallest absolute Gasteiger partial charge is 0.323 e. The molecule has 238 valence electrons. The van der Waals surface area contributed by atoms with Crippen molar-refractivity contribution >= 4 is 35.2 Å². The molecule has 3 N–H and O–H groups in total. The van der Waals surface area contributed by atoms with Gasteiger partial charge in [-0.3, -0.25) is 4.79 Å². The molecule has 3 aliphatic heterocycles. The third-order valence-corrected chi connectivity index (χ3v) is 8.21. The number of carbonyl (C=O) groups is 2. The van der Waals surface area contributed by atoms with Gasteiger partial charge in [-0.05, 0) is 82.4 Å². The summed E-state index contributed by atoms with van der Waals surface area (Å²) in [5.74, 6) is 1.73. The quantitative estimate of drug-likeness (QED) is 0.329. The second kappa shape index (κ2) is 13.8. The Balaban J connectivity index is 1.12. The highest BCUT2D eigenvalue weighted by molar-refractivity contribution is 6.00. The topological polar surface area (TPSA) is 137 Å². The van der Waals surface area contributed by atoms with Gasteiger partial charge in [0, 0.05) is 55.2 Å². The van der Waals surface area contributed by atoms with Gasteiger partial charge in [-0.1, -0.05) is 0 Å². The van der Waals surface area contributed by atoms with Gasteiger partial charge in [-0.25, -0.2) is 4.79 Å². The van der Waals surface area contributed by atoms with Gasteiger partial charge < -0.3 is 40.1 Å². The molecule has 45 heavy (non-hydrogen) atoms. The number of rotatable bonds is 9. The lowest BCUT2D eigenvalue weighted by Gasteiger charge is -2.35. The Morgan fingerprint density at radius 3 is 2.20 bits per heavy atom. The first-order valence-electron chi connectivity index (χ1n) is 15.5. The fourth-order valence-corrected chi connectivity index (χ4v) is 5.75. The van der Waals surface area contributed by atoms with Crippen molar-refractivity contribution in [2.45, 2.75) is 38.0 Å². The summed E-state index contributed by atoms with van der Waals surface area (Å²) >= 11 is 0. The van der Waals surface area contributed by atoms with Crippen molar-refractivity contribution < 1.29 is 19.1 Å². The summed E-state index contributed by atoms with van der Waals surface area (Å²) < 4.78 is 11.7. The number of hydrogen-bond acceptors (Lipinski definition) is 10. The predicted molar refractivity (Wildman–Crippen MR) is 173 cm³/mol. The minimum atomic E-state index is -0.390. The van der Waals surface area contributed by atoms with Crippen molar-refractivity contribution in [3.63, 3.8) is 0 Å². The molecule has 3 atom stereocenters. The maximum Gasteiger partial charge on any atom is 0.323 e. The largest absolute Gasteiger partial charge is 0.377 e. The van der Waals surface area contributed by atoms with Gasteiger partial charge in [0.1, 0.15) is 0 Å². The van der Waals surface area contributed by atoms with Gasteiger partial charge in [0.25, 0.3) is 5.91 Å². The number of ether oxygens (including phenoxy) is 2. The highest BCUT2D eigenvalue weighted by Crippen LogP contribution is 2.30. The van der Waals surface area contributed by atoms with Crippen molar-refractivity contribution in [2.24, 2.45) is 0 Å². The monoisotopic (exact) mass is 615 g/mol. The Hall–Kier alpha value is -4.33. The maximum absolute atomic E-state index is 12.7. The summed E-state index contributed by atoms with van der Waals surface area (Å²) in [4.78, 5) is 46.1. The van der Waals surface area contributed by atoms with E-state index in [0.29, 0.717) is 61.0 Å². The number of urea groups is 1. The number of amides is 3. The van der Waals surface area contributed by atoms with Crippen molar-refractivity contribution in [3.05, 3.63) is 54.1 Å². The number of nitrogens with zero attached hydrogens (tertiary/aromatic N) is 6. The minimum absolute atomic E-state index is 0.147. The number of nitrogens with one attached hydrogen (secondary N) is 3. The molecule has 3 aliphatic rings. The van der Waals surface area contributed by atoms with E-state index in [-0.39, 0.29) is 30.2 Å². The van der Waals surface area contributed by atoms with Gasteiger partial charge in [-0.2, -0.15) is 15.0 Å². The summed E-state index contributed by atoms with van der Waals surface area (Å²) in [6.07, 6.45) is 2.55. The lowest BCUT2D eigenvalue weighted by Crippen LogP contribution is -2.46. The Morgan fingerprint density at radius 2 is 1.56 bits per heavy atom. The molecule has 0 aliphatic carbocycles. The molecule has 3 unspecified atom stereocenters. The van der Waals surface area contributed by atoms with Crippen LogP contribution in [0.5, 0.6) is 0 Å². The molecule has 0 radical (unpaired) electrons. The number of morpholine rings is 2. The second-order valence-electron chi connectivity index (χ2n) is 12.0. The van der Waals surface area contributed by atoms with E-state index < -0.39 is 0 Å². The number of benzene rings is 2. The summed E-state index contributed by atoms with van der Waals surface area (Å²) in [6.45, 7) is 6.92. The van der Waals surface area contributed by atoms with Crippen molar-refractivity contribution in [2.75, 3.05) is 80.5 Å². The molecule has 1 aromatic heterocycles. The number of hydrogen-bond donors (Lipinski definition) is 3. The molecule has 6 rings (SSSR count). The number of carbonyl (C=O) groups excluding carboxylic acids is 2. The van der Waals surface area contributed by atoms with Crippen LogP contribution in [0.2, 0.25) is 0 Å². The van der Waals surface area contributed by atoms with Gasteiger partial charge in [-0.15, -0.1) is 0 Å². The number of fused-ring (bicyclic) bond motifs is 2. The SMILES string of the molecule is CC1COCCN1c1nc(-c2ccc(NC(=O)Nc3ccc(C(=O)NCCN(C)C)cc3)cc2)nc(N2CC3CCC(C2)O3)n1. The summed E-state index contributed by atoms with van der Waals surface area (Å²) in [5, 5.41) is 8.55. The molecule has 4 heterocycles. The van der Waals surface area contributed by atoms with E-state index in [1.54, 1.807) is 24.3 Å². The molecular weight excluding hydrogens is 574 g/mol. The lowest BCUT2D eigenvalue weighted by molar-refractivity contribution is 0.0299. The molecule has 3 aromatic rings. The molecule has 0 saturated carbocycles. The van der Waals surface area contributed by atoms with Crippen LogP contribution in [0.1, 0.15) is 30.1 Å². The van der Waals surface area contributed by atoms with Crippen LogP contribution in [0.25, 0.3) is 11.4 Å². The van der Waals surface area contributed by atoms with Gasteiger partial charge in [0.05, 0.1) is 31.5 Å². The average molecular weight is 616 g/mol. The minimum Gasteiger partial charge on any atom is -0.377 e. The Bertz CT molecular complexity index is 1470. The highest BCUT2D eigenvalue weighted by Gasteiger charge is 2.35. The van der Waals surface area contributed by atoms with Crippen molar-refractivity contribution in [1.29, 1.82) is 0 Å².